The van der Waals surface area contributed by atoms with Gasteiger partial charge in [0.05, 0.1) is 18.3 Å². The predicted octanol–water partition coefficient (Wildman–Crippen LogP) is 3.80. The highest BCUT2D eigenvalue weighted by Gasteiger charge is 2.41. The van der Waals surface area contributed by atoms with Crippen molar-refractivity contribution in [2.24, 2.45) is 0 Å². The van der Waals surface area contributed by atoms with Crippen LogP contribution in [0.1, 0.15) is 76.8 Å². The zero-order chi connectivity index (χ0) is 22.8. The second-order valence-electron chi connectivity index (χ2n) is 9.80. The molecular weight excluding hydrogens is 434 g/mol. The number of carbonyl (C=O) groups excluding carboxylic acids is 1. The molecule has 1 amide bonds. The number of carbonyl (C=O) groups is 1. The number of nitrogens with one attached hydrogen (secondary N) is 1. The van der Waals surface area contributed by atoms with Gasteiger partial charge in [-0.15, -0.1) is 11.3 Å². The van der Waals surface area contributed by atoms with Crippen LogP contribution >= 0.6 is 11.3 Å². The number of aliphatic hydroxyl groups is 1. The Morgan fingerprint density at radius 3 is 2.76 bits per heavy atom. The number of nitrogens with zero attached hydrogens (tertiary/aromatic N) is 2. The average Bonchev–Trinajstić information content (AvgIpc) is 3.28. The van der Waals surface area contributed by atoms with E-state index in [4.69, 9.17) is 4.74 Å². The van der Waals surface area contributed by atoms with Gasteiger partial charge in [0, 0.05) is 48.0 Å². The van der Waals surface area contributed by atoms with E-state index in [1.165, 1.54) is 15.3 Å². The van der Waals surface area contributed by atoms with Gasteiger partial charge >= 0.3 is 0 Å². The number of hydrogen-bond donors (Lipinski definition) is 2. The van der Waals surface area contributed by atoms with Crippen LogP contribution in [-0.2, 0) is 29.7 Å². The Kier molecular flexibility index (Phi) is 6.84. The first kappa shape index (κ1) is 23.0. The van der Waals surface area contributed by atoms with Gasteiger partial charge in [-0.1, -0.05) is 13.0 Å². The number of hydrogen-bond acceptors (Lipinski definition) is 6. The minimum absolute atomic E-state index is 0.0939. The first-order valence-electron chi connectivity index (χ1n) is 12.5. The van der Waals surface area contributed by atoms with E-state index in [0.717, 1.165) is 83.2 Å². The molecule has 1 spiro atoms. The van der Waals surface area contributed by atoms with E-state index in [-0.39, 0.29) is 23.7 Å². The average molecular weight is 470 g/mol. The van der Waals surface area contributed by atoms with Crippen LogP contribution in [0, 0.1) is 0 Å². The molecule has 0 atom stereocenters. The number of likely N-dealkylation sites (tertiary alicyclic amines) is 1. The Bertz CT molecular complexity index is 958. The number of aryl methyl sites for hydroxylation is 1. The molecule has 0 bridgehead atoms. The zero-order valence-electron chi connectivity index (χ0n) is 19.5. The Morgan fingerprint density at radius 2 is 2.06 bits per heavy atom. The molecule has 2 fully saturated rings. The van der Waals surface area contributed by atoms with Crippen molar-refractivity contribution in [1.82, 2.24) is 15.2 Å². The van der Waals surface area contributed by atoms with Crippen molar-refractivity contribution in [2.45, 2.75) is 82.6 Å². The molecule has 2 aromatic rings. The molecule has 1 saturated carbocycles. The van der Waals surface area contributed by atoms with Gasteiger partial charge in [-0.05, 0) is 68.2 Å². The zero-order valence-corrected chi connectivity index (χ0v) is 20.3. The molecule has 1 saturated heterocycles. The first-order valence-corrected chi connectivity index (χ1v) is 13.3. The van der Waals surface area contributed by atoms with Crippen LogP contribution in [0.15, 0.2) is 24.4 Å². The van der Waals surface area contributed by atoms with Crippen molar-refractivity contribution in [2.75, 3.05) is 19.7 Å². The maximum Gasteiger partial charge on any atom is 0.270 e. The van der Waals surface area contributed by atoms with Gasteiger partial charge in [-0.3, -0.25) is 14.7 Å². The van der Waals surface area contributed by atoms with E-state index in [0.29, 0.717) is 5.69 Å². The molecule has 2 aliphatic heterocycles. The lowest BCUT2D eigenvalue weighted by Gasteiger charge is -2.44. The number of piperidine rings is 1. The molecule has 6 nitrogen and oxygen atoms in total. The van der Waals surface area contributed by atoms with Crippen molar-refractivity contribution in [1.29, 1.82) is 0 Å². The lowest BCUT2D eigenvalue weighted by atomic mass is 9.82. The Balaban J connectivity index is 1.15. The number of aromatic nitrogens is 1. The fraction of sp³-hybridized carbons (Fsp3) is 0.615. The molecule has 7 heteroatoms. The highest BCUT2D eigenvalue weighted by molar-refractivity contribution is 7.12. The molecule has 2 N–H and O–H groups in total. The van der Waals surface area contributed by atoms with Gasteiger partial charge in [0.2, 0.25) is 0 Å². The maximum atomic E-state index is 12.5. The molecule has 2 aromatic heterocycles. The molecule has 3 aliphatic rings. The van der Waals surface area contributed by atoms with Gasteiger partial charge in [0.25, 0.3) is 5.91 Å². The van der Waals surface area contributed by atoms with E-state index in [9.17, 15) is 9.90 Å². The number of rotatable bonds is 5. The molecule has 33 heavy (non-hydrogen) atoms. The molecule has 5 rings (SSSR count). The normalized spacial score (nSPS) is 25.0. The minimum atomic E-state index is -0.217. The monoisotopic (exact) mass is 469 g/mol. The van der Waals surface area contributed by atoms with Gasteiger partial charge in [0.1, 0.15) is 5.69 Å². The van der Waals surface area contributed by atoms with E-state index >= 15 is 0 Å². The third kappa shape index (κ3) is 5.02. The van der Waals surface area contributed by atoms with E-state index < -0.39 is 0 Å². The van der Waals surface area contributed by atoms with Crippen LogP contribution < -0.4 is 5.32 Å². The van der Waals surface area contributed by atoms with Crippen LogP contribution in [0.2, 0.25) is 0 Å². The summed E-state index contributed by atoms with van der Waals surface area (Å²) in [4.78, 5) is 22.5. The second kappa shape index (κ2) is 9.82. The number of ether oxygens (including phenoxy) is 1. The predicted molar refractivity (Wildman–Crippen MR) is 130 cm³/mol. The Morgan fingerprint density at radius 1 is 1.27 bits per heavy atom. The fourth-order valence-electron chi connectivity index (χ4n) is 5.52. The lowest BCUT2D eigenvalue weighted by molar-refractivity contribution is -0.0981. The summed E-state index contributed by atoms with van der Waals surface area (Å²) in [5.74, 6) is -0.115. The van der Waals surface area contributed by atoms with Crippen molar-refractivity contribution >= 4 is 17.2 Å². The highest BCUT2D eigenvalue weighted by atomic mass is 32.1. The second-order valence-corrected chi connectivity index (χ2v) is 11.0. The van der Waals surface area contributed by atoms with Gasteiger partial charge < -0.3 is 15.2 Å². The molecule has 0 unspecified atom stereocenters. The largest absolute Gasteiger partial charge is 0.393 e. The summed E-state index contributed by atoms with van der Waals surface area (Å²) in [5, 5.41) is 12.7. The molecule has 178 valence electrons. The fourth-order valence-corrected chi connectivity index (χ4v) is 6.70. The minimum Gasteiger partial charge on any atom is -0.393 e. The molecule has 0 radical (unpaired) electrons. The molecular formula is C26H35N3O3S. The van der Waals surface area contributed by atoms with Gasteiger partial charge in [0.15, 0.2) is 0 Å². The van der Waals surface area contributed by atoms with Crippen molar-refractivity contribution in [3.8, 4) is 0 Å². The van der Waals surface area contributed by atoms with Crippen LogP contribution in [-0.4, -0.2) is 52.7 Å². The number of thiophene rings is 1. The summed E-state index contributed by atoms with van der Waals surface area (Å²) in [6.07, 6.45) is 9.02. The summed E-state index contributed by atoms with van der Waals surface area (Å²) in [6, 6.07) is 6.40. The third-order valence-corrected chi connectivity index (χ3v) is 8.91. The summed E-state index contributed by atoms with van der Waals surface area (Å²) in [7, 11) is 0. The smallest absolute Gasteiger partial charge is 0.270 e. The first-order chi connectivity index (χ1) is 16.0. The molecule has 1 aliphatic carbocycles. The Labute approximate surface area is 200 Å². The number of pyridine rings is 1. The topological polar surface area (TPSA) is 74.7 Å². The van der Waals surface area contributed by atoms with Crippen molar-refractivity contribution in [3.05, 3.63) is 51.0 Å². The van der Waals surface area contributed by atoms with Crippen molar-refractivity contribution < 1.29 is 14.6 Å². The lowest BCUT2D eigenvalue weighted by Crippen LogP contribution is -2.45. The quantitative estimate of drug-likeness (QED) is 0.697. The molecule has 4 heterocycles. The maximum absolute atomic E-state index is 12.5. The van der Waals surface area contributed by atoms with Crippen molar-refractivity contribution in [3.63, 3.8) is 0 Å². The third-order valence-electron chi connectivity index (χ3n) is 7.57. The summed E-state index contributed by atoms with van der Waals surface area (Å²) in [5.41, 5.74) is 2.97. The number of amides is 1. The standard InChI is InChI=1S/C26H35N3O3S/c1-2-21-15-22-24(33-21)9-14-32-26(22)10-12-29(13-11-26)17-18-3-8-23(27-16-18)25(31)28-19-4-6-20(30)7-5-19/h3,8,15-16,19-20,30H,2,4-7,9-14,17H2,1H3,(H,28,31). The Hall–Kier alpha value is -1.80. The summed E-state index contributed by atoms with van der Waals surface area (Å²) >= 11 is 1.98. The van der Waals surface area contributed by atoms with Gasteiger partial charge in [-0.25, -0.2) is 0 Å². The van der Waals surface area contributed by atoms with Crippen LogP contribution in [0.4, 0.5) is 0 Å². The van der Waals surface area contributed by atoms with Crippen LogP contribution in [0.25, 0.3) is 0 Å². The van der Waals surface area contributed by atoms with E-state index in [1.807, 2.05) is 29.7 Å². The SMILES string of the molecule is CCc1cc2c(s1)CCOC21CCN(Cc2ccc(C(=O)NC3CCC(O)CC3)nc2)CC1. The number of fused-ring (bicyclic) bond motifs is 2. The van der Waals surface area contributed by atoms with E-state index in [2.05, 4.69) is 28.2 Å². The van der Waals surface area contributed by atoms with Crippen LogP contribution in [0.3, 0.4) is 0 Å². The van der Waals surface area contributed by atoms with Crippen LogP contribution in [0.5, 0.6) is 0 Å². The highest BCUT2D eigenvalue weighted by Crippen LogP contribution is 2.44. The summed E-state index contributed by atoms with van der Waals surface area (Å²) in [6.45, 7) is 5.93. The van der Waals surface area contributed by atoms with E-state index in [1.54, 1.807) is 0 Å². The number of aliphatic hydroxyl groups excluding tert-OH is 1. The molecule has 0 aromatic carbocycles. The summed E-state index contributed by atoms with van der Waals surface area (Å²) < 4.78 is 6.41. The van der Waals surface area contributed by atoms with Gasteiger partial charge in [-0.2, -0.15) is 0 Å².